The Kier molecular flexibility index (Phi) is 6.77. The first-order valence-electron chi connectivity index (χ1n) is 5.81. The van der Waals surface area contributed by atoms with Crippen LogP contribution in [-0.4, -0.2) is 36.5 Å². The summed E-state index contributed by atoms with van der Waals surface area (Å²) in [5.74, 6) is -0.213. The predicted octanol–water partition coefficient (Wildman–Crippen LogP) is 1.83. The van der Waals surface area contributed by atoms with Gasteiger partial charge < -0.3 is 9.64 Å². The number of nitrogens with zero attached hydrogens (tertiary/aromatic N) is 1. The van der Waals surface area contributed by atoms with Crippen LogP contribution in [0.5, 0.6) is 0 Å². The Morgan fingerprint density at radius 2 is 1.81 bits per heavy atom. The topological polar surface area (TPSA) is 46.6 Å². The molecule has 0 aliphatic heterocycles. The molecule has 4 heteroatoms. The van der Waals surface area contributed by atoms with Crippen molar-refractivity contribution < 1.29 is 14.3 Å². The smallest absolute Gasteiger partial charge is 0.307 e. The van der Waals surface area contributed by atoms with E-state index in [0.717, 1.165) is 6.42 Å². The van der Waals surface area contributed by atoms with Crippen molar-refractivity contribution in [3.05, 3.63) is 0 Å². The molecule has 1 atom stereocenters. The highest BCUT2D eigenvalue weighted by atomic mass is 16.5. The molecular weight excluding hydrogens is 206 g/mol. The zero-order chi connectivity index (χ0) is 12.7. The van der Waals surface area contributed by atoms with Gasteiger partial charge in [0.2, 0.25) is 5.91 Å². The third-order valence-corrected chi connectivity index (χ3v) is 2.68. The van der Waals surface area contributed by atoms with E-state index in [1.807, 2.05) is 27.7 Å². The molecule has 0 aromatic rings. The second-order valence-corrected chi connectivity index (χ2v) is 4.27. The zero-order valence-electron chi connectivity index (χ0n) is 10.9. The molecule has 0 bridgehead atoms. The average Bonchev–Trinajstić information content (AvgIpc) is 2.27. The fraction of sp³-hybridized carbons (Fsp3) is 0.833. The Morgan fingerprint density at radius 3 is 2.19 bits per heavy atom. The van der Waals surface area contributed by atoms with Gasteiger partial charge in [-0.3, -0.25) is 9.59 Å². The standard InChI is InChI=1S/C12H23NO3/c1-6-10(4)13(12(15)9(2)3)8-7-11(14)16-5/h9-10H,6-8H2,1-5H3. The molecule has 94 valence electrons. The Labute approximate surface area is 98.0 Å². The molecule has 0 rings (SSSR count). The van der Waals surface area contributed by atoms with Gasteiger partial charge in [-0.2, -0.15) is 0 Å². The van der Waals surface area contributed by atoms with E-state index >= 15 is 0 Å². The fourth-order valence-corrected chi connectivity index (χ4v) is 1.41. The third kappa shape index (κ3) is 4.64. The average molecular weight is 229 g/mol. The maximum Gasteiger partial charge on any atom is 0.307 e. The lowest BCUT2D eigenvalue weighted by Gasteiger charge is -2.29. The van der Waals surface area contributed by atoms with E-state index in [9.17, 15) is 9.59 Å². The molecule has 0 spiro atoms. The Morgan fingerprint density at radius 1 is 1.25 bits per heavy atom. The van der Waals surface area contributed by atoms with Crippen LogP contribution in [0.25, 0.3) is 0 Å². The molecule has 1 amide bonds. The van der Waals surface area contributed by atoms with Gasteiger partial charge in [0, 0.05) is 18.5 Å². The van der Waals surface area contributed by atoms with Crippen LogP contribution in [0.15, 0.2) is 0 Å². The molecule has 0 aromatic heterocycles. The van der Waals surface area contributed by atoms with E-state index in [-0.39, 0.29) is 30.3 Å². The monoisotopic (exact) mass is 229 g/mol. The minimum Gasteiger partial charge on any atom is -0.469 e. The number of esters is 1. The van der Waals surface area contributed by atoms with Crippen LogP contribution >= 0.6 is 0 Å². The minimum atomic E-state index is -0.273. The SMILES string of the molecule is CCC(C)N(CCC(=O)OC)C(=O)C(C)C. The zero-order valence-corrected chi connectivity index (χ0v) is 10.9. The predicted molar refractivity (Wildman–Crippen MR) is 62.9 cm³/mol. The summed E-state index contributed by atoms with van der Waals surface area (Å²) in [7, 11) is 1.36. The van der Waals surface area contributed by atoms with Crippen LogP contribution < -0.4 is 0 Å². The summed E-state index contributed by atoms with van der Waals surface area (Å²) in [4.78, 5) is 24.7. The quantitative estimate of drug-likeness (QED) is 0.653. The molecule has 1 unspecified atom stereocenters. The maximum atomic E-state index is 11.9. The van der Waals surface area contributed by atoms with Crippen LogP contribution in [0.3, 0.4) is 0 Å². The number of rotatable bonds is 6. The van der Waals surface area contributed by atoms with Crippen LogP contribution in [0.2, 0.25) is 0 Å². The second kappa shape index (κ2) is 7.25. The summed E-state index contributed by atoms with van der Waals surface area (Å²) in [6, 6.07) is 0.166. The number of hydrogen-bond acceptors (Lipinski definition) is 3. The highest BCUT2D eigenvalue weighted by Crippen LogP contribution is 2.10. The van der Waals surface area contributed by atoms with Crippen molar-refractivity contribution >= 4 is 11.9 Å². The molecule has 0 aromatic carbocycles. The van der Waals surface area contributed by atoms with Crippen molar-refractivity contribution in [2.24, 2.45) is 5.92 Å². The lowest BCUT2D eigenvalue weighted by atomic mass is 10.1. The molecule has 0 aliphatic carbocycles. The number of carbonyl (C=O) groups excluding carboxylic acids is 2. The maximum absolute atomic E-state index is 11.9. The lowest BCUT2D eigenvalue weighted by molar-refractivity contribution is -0.143. The first-order chi connectivity index (χ1) is 7.43. The Bertz CT molecular complexity index is 238. The van der Waals surface area contributed by atoms with Crippen molar-refractivity contribution in [2.45, 2.75) is 46.6 Å². The molecule has 4 nitrogen and oxygen atoms in total. The number of hydrogen-bond donors (Lipinski definition) is 0. The van der Waals surface area contributed by atoms with E-state index in [1.165, 1.54) is 7.11 Å². The van der Waals surface area contributed by atoms with E-state index in [2.05, 4.69) is 4.74 Å². The van der Waals surface area contributed by atoms with Gasteiger partial charge in [-0.05, 0) is 13.3 Å². The van der Waals surface area contributed by atoms with Crippen LogP contribution in [0, 0.1) is 5.92 Å². The summed E-state index contributed by atoms with van der Waals surface area (Å²) < 4.78 is 4.58. The number of amides is 1. The number of ether oxygens (including phenoxy) is 1. The van der Waals surface area contributed by atoms with E-state index in [4.69, 9.17) is 0 Å². The molecule has 0 heterocycles. The van der Waals surface area contributed by atoms with Gasteiger partial charge in [0.05, 0.1) is 13.5 Å². The molecule has 0 fully saturated rings. The Balaban J connectivity index is 4.44. The largest absolute Gasteiger partial charge is 0.469 e. The van der Waals surface area contributed by atoms with Crippen molar-refractivity contribution in [3.63, 3.8) is 0 Å². The van der Waals surface area contributed by atoms with Crippen LogP contribution in [-0.2, 0) is 14.3 Å². The number of carbonyl (C=O) groups is 2. The number of methoxy groups -OCH3 is 1. The third-order valence-electron chi connectivity index (χ3n) is 2.68. The lowest BCUT2D eigenvalue weighted by Crippen LogP contribution is -2.42. The van der Waals surface area contributed by atoms with Gasteiger partial charge in [-0.25, -0.2) is 0 Å². The molecule has 0 saturated carbocycles. The Hall–Kier alpha value is -1.06. The summed E-state index contributed by atoms with van der Waals surface area (Å²) in [5.41, 5.74) is 0. The summed E-state index contributed by atoms with van der Waals surface area (Å²) in [6.07, 6.45) is 1.15. The van der Waals surface area contributed by atoms with Gasteiger partial charge in [-0.1, -0.05) is 20.8 Å². The second-order valence-electron chi connectivity index (χ2n) is 4.27. The van der Waals surface area contributed by atoms with E-state index < -0.39 is 0 Å². The molecule has 16 heavy (non-hydrogen) atoms. The molecule has 0 aliphatic rings. The van der Waals surface area contributed by atoms with E-state index in [0.29, 0.717) is 6.54 Å². The van der Waals surface area contributed by atoms with Crippen molar-refractivity contribution in [2.75, 3.05) is 13.7 Å². The van der Waals surface area contributed by atoms with Gasteiger partial charge >= 0.3 is 5.97 Å². The van der Waals surface area contributed by atoms with Crippen molar-refractivity contribution in [1.29, 1.82) is 0 Å². The van der Waals surface area contributed by atoms with E-state index in [1.54, 1.807) is 4.90 Å². The van der Waals surface area contributed by atoms with Gasteiger partial charge in [0.25, 0.3) is 0 Å². The van der Waals surface area contributed by atoms with Gasteiger partial charge in [0.15, 0.2) is 0 Å². The highest BCUT2D eigenvalue weighted by molar-refractivity contribution is 5.79. The van der Waals surface area contributed by atoms with Crippen molar-refractivity contribution in [3.8, 4) is 0 Å². The first-order valence-corrected chi connectivity index (χ1v) is 5.81. The highest BCUT2D eigenvalue weighted by Gasteiger charge is 2.21. The van der Waals surface area contributed by atoms with Crippen molar-refractivity contribution in [1.82, 2.24) is 4.90 Å². The van der Waals surface area contributed by atoms with Crippen LogP contribution in [0.1, 0.15) is 40.5 Å². The normalized spacial score (nSPS) is 12.4. The van der Waals surface area contributed by atoms with Crippen LogP contribution in [0.4, 0.5) is 0 Å². The summed E-state index contributed by atoms with van der Waals surface area (Å²) in [5, 5.41) is 0. The first kappa shape index (κ1) is 14.9. The molecule has 0 saturated heterocycles. The molecular formula is C12H23NO3. The van der Waals surface area contributed by atoms with Gasteiger partial charge in [0.1, 0.15) is 0 Å². The molecule has 0 N–H and O–H groups in total. The van der Waals surface area contributed by atoms with Gasteiger partial charge in [-0.15, -0.1) is 0 Å². The minimum absolute atomic E-state index is 0.0355. The fourth-order valence-electron chi connectivity index (χ4n) is 1.41. The summed E-state index contributed by atoms with van der Waals surface area (Å²) in [6.45, 7) is 8.21. The molecule has 0 radical (unpaired) electrons. The summed E-state index contributed by atoms with van der Waals surface area (Å²) >= 11 is 0.